The SMILES string of the molecule is Cc1ccc2c(NS(=O)(=O)CC3(F)CC3)c(F)ccc2c1Oc1ncccc1-c1ccnc(N[C@@H]2CNC[C@@H](F)C2)n1. The third kappa shape index (κ3) is 6.12. The molecule has 2 aromatic heterocycles. The lowest BCUT2D eigenvalue weighted by molar-refractivity contribution is 0.254. The first kappa shape index (κ1) is 28.2. The molecule has 220 valence electrons. The fraction of sp³-hybridized carbons (Fsp3) is 0.345. The Labute approximate surface area is 241 Å². The highest BCUT2D eigenvalue weighted by molar-refractivity contribution is 7.92. The molecule has 0 bridgehead atoms. The van der Waals surface area contributed by atoms with E-state index in [1.54, 1.807) is 49.6 Å². The molecule has 2 atom stereocenters. The summed E-state index contributed by atoms with van der Waals surface area (Å²) in [4.78, 5) is 13.3. The summed E-state index contributed by atoms with van der Waals surface area (Å²) in [7, 11) is -4.15. The van der Waals surface area contributed by atoms with Gasteiger partial charge >= 0.3 is 0 Å². The Morgan fingerprint density at radius 1 is 1.07 bits per heavy atom. The van der Waals surface area contributed by atoms with E-state index in [0.717, 1.165) is 6.07 Å². The van der Waals surface area contributed by atoms with E-state index in [4.69, 9.17) is 4.74 Å². The van der Waals surface area contributed by atoms with Crippen molar-refractivity contribution in [2.24, 2.45) is 0 Å². The molecule has 3 N–H and O–H groups in total. The number of aromatic nitrogens is 3. The van der Waals surface area contributed by atoms with Crippen molar-refractivity contribution in [1.29, 1.82) is 0 Å². The first-order chi connectivity index (χ1) is 20.1. The Kier molecular flexibility index (Phi) is 7.39. The van der Waals surface area contributed by atoms with Crippen LogP contribution >= 0.6 is 0 Å². The van der Waals surface area contributed by atoms with Crippen molar-refractivity contribution in [3.05, 3.63) is 66.2 Å². The van der Waals surface area contributed by atoms with Gasteiger partial charge in [-0.2, -0.15) is 0 Å². The van der Waals surface area contributed by atoms with Crippen molar-refractivity contribution in [3.63, 3.8) is 0 Å². The van der Waals surface area contributed by atoms with Gasteiger partial charge in [-0.05, 0) is 55.7 Å². The highest BCUT2D eigenvalue weighted by Gasteiger charge is 2.47. The zero-order valence-corrected chi connectivity index (χ0v) is 23.5. The van der Waals surface area contributed by atoms with E-state index in [0.29, 0.717) is 53.4 Å². The van der Waals surface area contributed by atoms with Crippen molar-refractivity contribution >= 4 is 32.4 Å². The summed E-state index contributed by atoms with van der Waals surface area (Å²) in [5, 5.41) is 6.89. The molecule has 42 heavy (non-hydrogen) atoms. The average Bonchev–Trinajstić information content (AvgIpc) is 3.67. The molecular formula is C29H29F3N6O3S. The van der Waals surface area contributed by atoms with Gasteiger partial charge in [0, 0.05) is 48.7 Å². The van der Waals surface area contributed by atoms with E-state index in [1.165, 1.54) is 6.07 Å². The molecule has 0 amide bonds. The summed E-state index contributed by atoms with van der Waals surface area (Å²) in [5.74, 6) is -0.647. The Balaban J connectivity index is 1.32. The second-order valence-corrected chi connectivity index (χ2v) is 12.5. The molecule has 1 aliphatic heterocycles. The van der Waals surface area contributed by atoms with Crippen LogP contribution in [-0.2, 0) is 10.0 Å². The molecule has 6 rings (SSSR count). The topological polar surface area (TPSA) is 118 Å². The minimum Gasteiger partial charge on any atom is -0.437 e. The van der Waals surface area contributed by atoms with E-state index >= 15 is 0 Å². The van der Waals surface area contributed by atoms with Crippen LogP contribution in [0, 0.1) is 12.7 Å². The normalized spacial score (nSPS) is 19.8. The maximum atomic E-state index is 15.0. The van der Waals surface area contributed by atoms with Gasteiger partial charge in [-0.3, -0.25) is 4.72 Å². The molecular weight excluding hydrogens is 569 g/mol. The highest BCUT2D eigenvalue weighted by atomic mass is 32.2. The van der Waals surface area contributed by atoms with Crippen molar-refractivity contribution in [1.82, 2.24) is 20.3 Å². The third-order valence-corrected chi connectivity index (χ3v) is 8.74. The molecule has 1 aliphatic carbocycles. The summed E-state index contributed by atoms with van der Waals surface area (Å²) in [6.07, 6.45) is 2.85. The molecule has 9 nitrogen and oxygen atoms in total. The molecule has 0 unspecified atom stereocenters. The quantitative estimate of drug-likeness (QED) is 0.238. The number of halogens is 3. The molecule has 13 heteroatoms. The predicted octanol–water partition coefficient (Wildman–Crippen LogP) is 5.29. The van der Waals surface area contributed by atoms with Crippen LogP contribution < -0.4 is 20.1 Å². The number of sulfonamides is 1. The van der Waals surface area contributed by atoms with Crippen LogP contribution in [0.4, 0.5) is 24.8 Å². The second kappa shape index (κ2) is 11.0. The van der Waals surface area contributed by atoms with Crippen molar-refractivity contribution in [2.45, 2.75) is 44.1 Å². The first-order valence-corrected chi connectivity index (χ1v) is 15.2. The average molecular weight is 599 g/mol. The number of nitrogens with one attached hydrogen (secondary N) is 3. The Bertz CT molecular complexity index is 1750. The third-order valence-electron chi connectivity index (χ3n) is 7.33. The van der Waals surface area contributed by atoms with Gasteiger partial charge in [0.1, 0.15) is 29.2 Å². The number of aryl methyl sites for hydroxylation is 1. The molecule has 2 aliphatic rings. The van der Waals surface area contributed by atoms with Crippen LogP contribution in [0.3, 0.4) is 0 Å². The standard InChI is InChI=1S/C29H29F3N6O3S/c1-17-4-5-20-21(6-7-23(31)25(20)38-42(39,40)16-29(32)9-10-29)26(17)41-27-22(3-2-11-34-27)24-8-12-35-28(37-24)36-19-13-18(30)14-33-15-19/h2-8,11-12,18-19,33,38H,9-10,13-16H2,1H3,(H,35,36,37)/t18-,19-/m0/s1. The summed E-state index contributed by atoms with van der Waals surface area (Å²) in [6, 6.07) is 10.9. The smallest absolute Gasteiger partial charge is 0.236 e. The molecule has 2 fully saturated rings. The minimum absolute atomic E-state index is 0.162. The van der Waals surface area contributed by atoms with Crippen LogP contribution in [0.1, 0.15) is 24.8 Å². The van der Waals surface area contributed by atoms with Gasteiger partial charge < -0.3 is 15.4 Å². The predicted molar refractivity (Wildman–Crippen MR) is 154 cm³/mol. The number of piperidine rings is 1. The summed E-state index contributed by atoms with van der Waals surface area (Å²) in [6.45, 7) is 2.71. The van der Waals surface area contributed by atoms with Gasteiger partial charge in [0.15, 0.2) is 0 Å². The van der Waals surface area contributed by atoms with Crippen LogP contribution in [-0.4, -0.2) is 60.1 Å². The van der Waals surface area contributed by atoms with Crippen LogP contribution in [0.5, 0.6) is 11.6 Å². The largest absolute Gasteiger partial charge is 0.437 e. The molecule has 0 radical (unpaired) electrons. The second-order valence-electron chi connectivity index (χ2n) is 10.8. The van der Waals surface area contributed by atoms with Gasteiger partial charge in [-0.1, -0.05) is 12.1 Å². The van der Waals surface area contributed by atoms with Gasteiger partial charge in [0.25, 0.3) is 0 Å². The zero-order valence-electron chi connectivity index (χ0n) is 22.7. The number of ether oxygens (including phenoxy) is 1. The maximum absolute atomic E-state index is 15.0. The lowest BCUT2D eigenvalue weighted by atomic mass is 10.0. The van der Waals surface area contributed by atoms with E-state index in [2.05, 4.69) is 30.3 Å². The molecule has 4 aromatic rings. The maximum Gasteiger partial charge on any atom is 0.236 e. The first-order valence-electron chi connectivity index (χ1n) is 13.6. The molecule has 3 heterocycles. The van der Waals surface area contributed by atoms with Crippen molar-refractivity contribution in [2.75, 3.05) is 28.9 Å². The van der Waals surface area contributed by atoms with Crippen LogP contribution in [0.25, 0.3) is 22.0 Å². The monoisotopic (exact) mass is 598 g/mol. The van der Waals surface area contributed by atoms with E-state index in [1.807, 2.05) is 0 Å². The van der Waals surface area contributed by atoms with Crippen LogP contribution in [0.2, 0.25) is 0 Å². The number of nitrogens with zero attached hydrogens (tertiary/aromatic N) is 3. The van der Waals surface area contributed by atoms with Gasteiger partial charge in [0.2, 0.25) is 21.9 Å². The molecule has 2 aromatic carbocycles. The molecule has 0 spiro atoms. The number of anilines is 2. The summed E-state index contributed by atoms with van der Waals surface area (Å²) in [5.41, 5.74) is -0.302. The lowest BCUT2D eigenvalue weighted by Gasteiger charge is -2.26. The van der Waals surface area contributed by atoms with Gasteiger partial charge in [-0.15, -0.1) is 0 Å². The van der Waals surface area contributed by atoms with Crippen molar-refractivity contribution in [3.8, 4) is 22.9 Å². The summed E-state index contributed by atoms with van der Waals surface area (Å²) < 4.78 is 76.9. The zero-order chi connectivity index (χ0) is 29.5. The fourth-order valence-corrected chi connectivity index (χ4v) is 6.60. The van der Waals surface area contributed by atoms with Crippen molar-refractivity contribution < 1.29 is 26.3 Å². The van der Waals surface area contributed by atoms with E-state index in [9.17, 15) is 21.6 Å². The number of rotatable bonds is 9. The Hall–Kier alpha value is -3.97. The number of hydrogen-bond acceptors (Lipinski definition) is 8. The number of alkyl halides is 2. The molecule has 1 saturated heterocycles. The number of benzene rings is 2. The number of hydrogen-bond donors (Lipinski definition) is 3. The Morgan fingerprint density at radius 3 is 2.67 bits per heavy atom. The van der Waals surface area contributed by atoms with Gasteiger partial charge in [-0.25, -0.2) is 36.5 Å². The highest BCUT2D eigenvalue weighted by Crippen LogP contribution is 2.42. The van der Waals surface area contributed by atoms with Crippen LogP contribution in [0.15, 0.2) is 54.9 Å². The lowest BCUT2D eigenvalue weighted by Crippen LogP contribution is -2.44. The van der Waals surface area contributed by atoms with Gasteiger partial charge in [0.05, 0.1) is 16.9 Å². The number of pyridine rings is 1. The minimum atomic E-state index is -4.15. The Morgan fingerprint density at radius 2 is 1.88 bits per heavy atom. The summed E-state index contributed by atoms with van der Waals surface area (Å²) >= 11 is 0. The fourth-order valence-electron chi connectivity index (χ4n) is 5.04. The van der Waals surface area contributed by atoms with E-state index < -0.39 is 33.4 Å². The number of fused-ring (bicyclic) bond motifs is 1. The van der Waals surface area contributed by atoms with E-state index in [-0.39, 0.29) is 35.8 Å². The molecule has 1 saturated carbocycles.